The number of aldehydes is 1. The van der Waals surface area contributed by atoms with E-state index in [1.54, 1.807) is 6.07 Å². The summed E-state index contributed by atoms with van der Waals surface area (Å²) in [5.41, 5.74) is 2.64. The highest BCUT2D eigenvalue weighted by atomic mass is 16.1. The summed E-state index contributed by atoms with van der Waals surface area (Å²) in [7, 11) is 0. The van der Waals surface area contributed by atoms with Crippen LogP contribution in [0, 0.1) is 0 Å². The average Bonchev–Trinajstić information content (AvgIpc) is 2.49. The summed E-state index contributed by atoms with van der Waals surface area (Å²) in [5.74, 6) is 0. The summed E-state index contributed by atoms with van der Waals surface area (Å²) >= 11 is 0. The van der Waals surface area contributed by atoms with Gasteiger partial charge in [-0.25, -0.2) is 4.68 Å². The SMILES string of the molecule is CCCn1nc(-c2ccc(CC)cc2)cc(C=O)c1=O. The summed E-state index contributed by atoms with van der Waals surface area (Å²) in [6.45, 7) is 4.58. The maximum atomic E-state index is 11.9. The highest BCUT2D eigenvalue weighted by molar-refractivity contribution is 5.76. The van der Waals surface area contributed by atoms with Gasteiger partial charge in [0.05, 0.1) is 11.3 Å². The predicted molar refractivity (Wildman–Crippen MR) is 79.0 cm³/mol. The first kappa shape index (κ1) is 14.2. The maximum Gasteiger partial charge on any atom is 0.277 e. The van der Waals surface area contributed by atoms with Gasteiger partial charge in [0.1, 0.15) is 0 Å². The normalized spacial score (nSPS) is 10.5. The Morgan fingerprint density at radius 1 is 1.20 bits per heavy atom. The van der Waals surface area contributed by atoms with Crippen LogP contribution in [-0.2, 0) is 13.0 Å². The molecule has 4 nitrogen and oxygen atoms in total. The van der Waals surface area contributed by atoms with Gasteiger partial charge in [0, 0.05) is 12.1 Å². The lowest BCUT2D eigenvalue weighted by atomic mass is 10.1. The fourth-order valence-electron chi connectivity index (χ4n) is 2.06. The smallest absolute Gasteiger partial charge is 0.277 e. The Morgan fingerprint density at radius 3 is 2.45 bits per heavy atom. The number of aromatic nitrogens is 2. The number of benzene rings is 1. The number of hydrogen-bond donors (Lipinski definition) is 0. The topological polar surface area (TPSA) is 52.0 Å². The van der Waals surface area contributed by atoms with Crippen molar-refractivity contribution >= 4 is 6.29 Å². The maximum absolute atomic E-state index is 11.9. The molecule has 104 valence electrons. The molecule has 0 aliphatic carbocycles. The van der Waals surface area contributed by atoms with Crippen LogP contribution >= 0.6 is 0 Å². The van der Waals surface area contributed by atoms with Gasteiger partial charge < -0.3 is 0 Å². The number of carbonyl (C=O) groups excluding carboxylic acids is 1. The van der Waals surface area contributed by atoms with Crippen LogP contribution in [0.1, 0.15) is 36.2 Å². The summed E-state index contributed by atoms with van der Waals surface area (Å²) < 4.78 is 1.37. The minimum atomic E-state index is -0.323. The van der Waals surface area contributed by atoms with Gasteiger partial charge in [0.15, 0.2) is 6.29 Å². The largest absolute Gasteiger partial charge is 0.298 e. The number of carbonyl (C=O) groups is 1. The molecule has 1 aromatic carbocycles. The van der Waals surface area contributed by atoms with Crippen molar-refractivity contribution in [3.8, 4) is 11.3 Å². The monoisotopic (exact) mass is 270 g/mol. The van der Waals surface area contributed by atoms with Crippen LogP contribution in [0.4, 0.5) is 0 Å². The summed E-state index contributed by atoms with van der Waals surface area (Å²) in [4.78, 5) is 23.0. The van der Waals surface area contributed by atoms with Gasteiger partial charge in [-0.05, 0) is 24.5 Å². The van der Waals surface area contributed by atoms with E-state index < -0.39 is 0 Å². The predicted octanol–water partition coefficient (Wildman–Crippen LogP) is 2.70. The molecule has 0 amide bonds. The van der Waals surface area contributed by atoms with Crippen LogP contribution in [0.15, 0.2) is 35.1 Å². The first-order chi connectivity index (χ1) is 9.69. The molecule has 1 heterocycles. The molecule has 0 aliphatic heterocycles. The Labute approximate surface area is 118 Å². The third kappa shape index (κ3) is 2.85. The molecule has 0 spiro atoms. The van der Waals surface area contributed by atoms with E-state index in [-0.39, 0.29) is 11.1 Å². The molecule has 4 heteroatoms. The number of aryl methyl sites for hydroxylation is 2. The minimum absolute atomic E-state index is 0.156. The van der Waals surface area contributed by atoms with Crippen molar-refractivity contribution in [2.24, 2.45) is 0 Å². The summed E-state index contributed by atoms with van der Waals surface area (Å²) in [6, 6.07) is 9.56. The average molecular weight is 270 g/mol. The lowest BCUT2D eigenvalue weighted by Crippen LogP contribution is -2.26. The van der Waals surface area contributed by atoms with E-state index in [1.165, 1.54) is 10.2 Å². The van der Waals surface area contributed by atoms with Crippen molar-refractivity contribution in [2.75, 3.05) is 0 Å². The molecule has 0 aliphatic rings. The molecule has 0 atom stereocenters. The minimum Gasteiger partial charge on any atom is -0.298 e. The van der Waals surface area contributed by atoms with Crippen molar-refractivity contribution in [3.63, 3.8) is 0 Å². The highest BCUT2D eigenvalue weighted by Gasteiger charge is 2.09. The van der Waals surface area contributed by atoms with E-state index in [9.17, 15) is 9.59 Å². The van der Waals surface area contributed by atoms with Crippen molar-refractivity contribution in [3.05, 3.63) is 51.8 Å². The zero-order valence-electron chi connectivity index (χ0n) is 11.8. The number of rotatable bonds is 5. The van der Waals surface area contributed by atoms with Gasteiger partial charge in [-0.1, -0.05) is 38.1 Å². The van der Waals surface area contributed by atoms with Gasteiger partial charge in [-0.3, -0.25) is 9.59 Å². The Kier molecular flexibility index (Phi) is 4.45. The van der Waals surface area contributed by atoms with Crippen LogP contribution in [-0.4, -0.2) is 16.1 Å². The van der Waals surface area contributed by atoms with Gasteiger partial charge in [0.2, 0.25) is 0 Å². The fraction of sp³-hybridized carbons (Fsp3) is 0.312. The van der Waals surface area contributed by atoms with Crippen LogP contribution in [0.2, 0.25) is 0 Å². The van der Waals surface area contributed by atoms with E-state index in [2.05, 4.69) is 12.0 Å². The van der Waals surface area contributed by atoms with Gasteiger partial charge in [-0.15, -0.1) is 0 Å². The van der Waals surface area contributed by atoms with Crippen LogP contribution in [0.3, 0.4) is 0 Å². The molecule has 0 saturated carbocycles. The van der Waals surface area contributed by atoms with E-state index in [1.807, 2.05) is 31.2 Å². The molecular formula is C16H18N2O2. The molecule has 0 N–H and O–H groups in total. The summed E-state index contributed by atoms with van der Waals surface area (Å²) in [5, 5.41) is 4.34. The van der Waals surface area contributed by atoms with Gasteiger partial charge in [-0.2, -0.15) is 5.10 Å². The third-order valence-electron chi connectivity index (χ3n) is 3.22. The van der Waals surface area contributed by atoms with E-state index >= 15 is 0 Å². The molecule has 0 radical (unpaired) electrons. The molecule has 0 saturated heterocycles. The summed E-state index contributed by atoms with van der Waals surface area (Å²) in [6.07, 6.45) is 2.37. The second kappa shape index (κ2) is 6.28. The molecular weight excluding hydrogens is 252 g/mol. The van der Waals surface area contributed by atoms with E-state index in [4.69, 9.17) is 0 Å². The zero-order chi connectivity index (χ0) is 14.5. The molecule has 0 bridgehead atoms. The van der Waals surface area contributed by atoms with Gasteiger partial charge in [0.25, 0.3) is 5.56 Å². The number of hydrogen-bond acceptors (Lipinski definition) is 3. The lowest BCUT2D eigenvalue weighted by Gasteiger charge is -2.08. The van der Waals surface area contributed by atoms with Crippen LogP contribution in [0.5, 0.6) is 0 Å². The second-order valence-electron chi connectivity index (χ2n) is 4.68. The molecule has 2 rings (SSSR count). The standard InChI is InChI=1S/C16H18N2O2/c1-3-9-18-16(20)14(11-19)10-15(17-18)13-7-5-12(4-2)6-8-13/h5-8,10-11H,3-4,9H2,1-2H3. The molecule has 20 heavy (non-hydrogen) atoms. The van der Waals surface area contributed by atoms with Crippen molar-refractivity contribution in [2.45, 2.75) is 33.2 Å². The Balaban J connectivity index is 2.52. The zero-order valence-corrected chi connectivity index (χ0v) is 11.8. The lowest BCUT2D eigenvalue weighted by molar-refractivity contribution is 0.112. The van der Waals surface area contributed by atoms with Crippen molar-refractivity contribution in [1.29, 1.82) is 0 Å². The fourth-order valence-corrected chi connectivity index (χ4v) is 2.06. The van der Waals surface area contributed by atoms with E-state index in [0.717, 1.165) is 18.4 Å². The Bertz CT molecular complexity index is 657. The molecule has 1 aromatic heterocycles. The first-order valence-corrected chi connectivity index (χ1v) is 6.86. The highest BCUT2D eigenvalue weighted by Crippen LogP contribution is 2.17. The molecule has 0 unspecified atom stereocenters. The first-order valence-electron chi connectivity index (χ1n) is 6.86. The quantitative estimate of drug-likeness (QED) is 0.785. The van der Waals surface area contributed by atoms with Crippen LogP contribution in [0.25, 0.3) is 11.3 Å². The van der Waals surface area contributed by atoms with Crippen LogP contribution < -0.4 is 5.56 Å². The Hall–Kier alpha value is -2.23. The molecule has 0 fully saturated rings. The number of nitrogens with zero attached hydrogens (tertiary/aromatic N) is 2. The van der Waals surface area contributed by atoms with Crippen molar-refractivity contribution in [1.82, 2.24) is 9.78 Å². The molecule has 2 aromatic rings. The van der Waals surface area contributed by atoms with Crippen molar-refractivity contribution < 1.29 is 4.79 Å². The second-order valence-corrected chi connectivity index (χ2v) is 4.68. The van der Waals surface area contributed by atoms with E-state index in [0.29, 0.717) is 18.5 Å². The third-order valence-corrected chi connectivity index (χ3v) is 3.22. The Morgan fingerprint density at radius 2 is 1.90 bits per heavy atom. The van der Waals surface area contributed by atoms with Gasteiger partial charge >= 0.3 is 0 Å².